The number of carbonyl (C=O) groups is 4. The van der Waals surface area contributed by atoms with Crippen LogP contribution in [0.4, 0.5) is 4.39 Å². The van der Waals surface area contributed by atoms with Gasteiger partial charge < -0.3 is 20.3 Å². The van der Waals surface area contributed by atoms with E-state index in [-0.39, 0.29) is 30.1 Å². The van der Waals surface area contributed by atoms with E-state index in [1.165, 1.54) is 53.7 Å². The zero-order valence-corrected chi connectivity index (χ0v) is 31.5. The number of rotatable bonds is 17. The molecule has 4 amide bonds. The van der Waals surface area contributed by atoms with Crippen molar-refractivity contribution in [2.75, 3.05) is 13.1 Å². The minimum absolute atomic E-state index is 0.000292. The molecular weight excluding hydrogens is 720 g/mol. The number of aryl methyl sites for hydroxylation is 2. The van der Waals surface area contributed by atoms with Crippen LogP contribution in [0.2, 0.25) is 0 Å². The number of amides is 4. The first-order valence-corrected chi connectivity index (χ1v) is 19.9. The van der Waals surface area contributed by atoms with Gasteiger partial charge in [0.1, 0.15) is 35.1 Å². The van der Waals surface area contributed by atoms with E-state index < -0.39 is 68.9 Å². The van der Waals surface area contributed by atoms with Gasteiger partial charge in [-0.2, -0.15) is 5.10 Å². The molecule has 3 N–H and O–H groups in total. The Morgan fingerprint density at radius 3 is 2.59 bits per heavy atom. The molecule has 3 aliphatic rings. The summed E-state index contributed by atoms with van der Waals surface area (Å²) in [5.74, 6) is -2.55. The average Bonchev–Trinajstić information content (AvgIpc) is 4.02. The summed E-state index contributed by atoms with van der Waals surface area (Å²) in [4.78, 5) is 64.2. The molecule has 2 aliphatic carbocycles. The molecule has 2 aromatic heterocycles. The third-order valence-electron chi connectivity index (χ3n) is 10.2. The van der Waals surface area contributed by atoms with E-state index in [0.717, 1.165) is 19.3 Å². The van der Waals surface area contributed by atoms with Gasteiger partial charge in [-0.25, -0.2) is 22.8 Å². The summed E-state index contributed by atoms with van der Waals surface area (Å²) in [6.45, 7) is 2.43. The Hall–Kier alpha value is -4.93. The number of benzene rings is 1. The Morgan fingerprint density at radius 2 is 1.89 bits per heavy atom. The number of para-hydroxylation sites is 1. The molecule has 0 unspecified atom stereocenters. The van der Waals surface area contributed by atoms with Crippen LogP contribution in [0.15, 0.2) is 42.6 Å². The number of halogens is 1. The number of hydrogen-bond donors (Lipinski definition) is 3. The molecule has 6 rings (SSSR count). The average molecular weight is 767 g/mol. The molecule has 3 fully saturated rings. The van der Waals surface area contributed by atoms with Crippen LogP contribution >= 0.6 is 0 Å². The van der Waals surface area contributed by atoms with Crippen LogP contribution in [0.25, 0.3) is 11.0 Å². The highest BCUT2D eigenvalue weighted by atomic mass is 32.2. The van der Waals surface area contributed by atoms with E-state index in [1.807, 2.05) is 4.72 Å². The van der Waals surface area contributed by atoms with Gasteiger partial charge in [-0.05, 0) is 82.9 Å². The fraction of sp³-hybridized carbons (Fsp3) is 0.541. The fourth-order valence-corrected chi connectivity index (χ4v) is 7.71. The number of nitrogens with one attached hydrogen (secondary N) is 3. The predicted molar refractivity (Wildman–Crippen MR) is 196 cm³/mol. The monoisotopic (exact) mass is 766 g/mol. The topological polar surface area (TPSA) is 195 Å². The SMILES string of the molecule is Cc1nc2cccc(F)c2nc1O[C@@H]1C[C@@H](C(=O)NCC(=O)NS(=O)(=O)C2(C)CC2)N(C(=O)[C@H](CCCCC/C=C\C2CC2)NC(=O)c2ccnn2C)C1. The summed E-state index contributed by atoms with van der Waals surface area (Å²) in [7, 11) is -2.32. The van der Waals surface area contributed by atoms with Crippen molar-refractivity contribution in [1.82, 2.24) is 40.0 Å². The van der Waals surface area contributed by atoms with Crippen molar-refractivity contribution in [3.63, 3.8) is 0 Å². The maximum atomic E-state index is 14.6. The zero-order valence-electron chi connectivity index (χ0n) is 30.7. The van der Waals surface area contributed by atoms with Crippen LogP contribution < -0.4 is 20.1 Å². The van der Waals surface area contributed by atoms with E-state index in [4.69, 9.17) is 4.74 Å². The van der Waals surface area contributed by atoms with Crippen molar-refractivity contribution in [1.29, 1.82) is 0 Å². The standard InChI is InChI=1S/C37H47FN8O7S/c1-23-35(43-32-26(38)11-9-13-27(32)41-23)53-25-20-30(33(48)39-21-31(47)44-54(51,52)37(2)17-18-37)46(22-25)36(50)28(42-34(49)29-16-19-40-45(29)3)12-8-6-4-5-7-10-24-14-15-24/h7,9-11,13,16,19,24-25,28,30H,4-6,8,12,14-15,17-18,20-22H2,1-3H3,(H,39,48)(H,42,49)(H,44,47)/b10-7-/t25-,28+,30+/m1/s1. The van der Waals surface area contributed by atoms with Crippen molar-refractivity contribution in [3.05, 3.63) is 59.8 Å². The highest BCUT2D eigenvalue weighted by molar-refractivity contribution is 7.91. The van der Waals surface area contributed by atoms with Gasteiger partial charge in [-0.3, -0.25) is 28.6 Å². The molecule has 290 valence electrons. The number of fused-ring (bicyclic) bond motifs is 1. The quantitative estimate of drug-likeness (QED) is 0.136. The number of likely N-dealkylation sites (tertiary alicyclic amines) is 1. The Morgan fingerprint density at radius 1 is 1.11 bits per heavy atom. The molecule has 0 radical (unpaired) electrons. The Labute approximate surface area is 313 Å². The van der Waals surface area contributed by atoms with Crippen LogP contribution in [0.3, 0.4) is 0 Å². The van der Waals surface area contributed by atoms with Gasteiger partial charge in [-0.1, -0.05) is 31.1 Å². The molecule has 3 heterocycles. The van der Waals surface area contributed by atoms with Crippen LogP contribution in [-0.2, 0) is 31.5 Å². The Kier molecular flexibility index (Phi) is 11.6. The minimum Gasteiger partial charge on any atom is -0.471 e. The number of sulfonamides is 1. The second-order valence-corrected chi connectivity index (χ2v) is 16.9. The third-order valence-corrected chi connectivity index (χ3v) is 12.4. The molecular formula is C37H47FN8O7S. The fourth-order valence-electron chi connectivity index (χ4n) is 6.45. The maximum absolute atomic E-state index is 14.6. The number of hydrogen-bond acceptors (Lipinski definition) is 10. The van der Waals surface area contributed by atoms with Crippen LogP contribution in [0.1, 0.15) is 87.3 Å². The molecule has 1 aliphatic heterocycles. The Bertz CT molecular complexity index is 2050. The molecule has 54 heavy (non-hydrogen) atoms. The van der Waals surface area contributed by atoms with E-state index in [0.29, 0.717) is 42.8 Å². The molecule has 2 saturated carbocycles. The van der Waals surface area contributed by atoms with Gasteiger partial charge in [0.2, 0.25) is 27.7 Å². The summed E-state index contributed by atoms with van der Waals surface area (Å²) >= 11 is 0. The predicted octanol–water partition coefficient (Wildman–Crippen LogP) is 2.99. The number of nitrogens with zero attached hydrogens (tertiary/aromatic N) is 5. The largest absolute Gasteiger partial charge is 0.471 e. The van der Waals surface area contributed by atoms with Gasteiger partial charge in [0.15, 0.2) is 5.82 Å². The van der Waals surface area contributed by atoms with Gasteiger partial charge >= 0.3 is 0 Å². The van der Waals surface area contributed by atoms with Crippen molar-refractivity contribution >= 4 is 44.7 Å². The molecule has 1 aromatic carbocycles. The smallest absolute Gasteiger partial charge is 0.270 e. The number of ether oxygens (including phenoxy) is 1. The minimum atomic E-state index is -3.93. The maximum Gasteiger partial charge on any atom is 0.270 e. The van der Waals surface area contributed by atoms with Gasteiger partial charge in [0, 0.05) is 19.7 Å². The van der Waals surface area contributed by atoms with Gasteiger partial charge in [-0.15, -0.1) is 0 Å². The third kappa shape index (κ3) is 9.22. The molecule has 0 bridgehead atoms. The highest BCUT2D eigenvalue weighted by Crippen LogP contribution is 2.42. The first-order chi connectivity index (χ1) is 25.7. The zero-order chi connectivity index (χ0) is 38.6. The highest BCUT2D eigenvalue weighted by Gasteiger charge is 2.51. The number of carbonyl (C=O) groups excluding carboxylic acids is 4. The first kappa shape index (κ1) is 38.8. The lowest BCUT2D eigenvalue weighted by molar-refractivity contribution is -0.140. The van der Waals surface area contributed by atoms with Gasteiger partial charge in [0.25, 0.3) is 11.8 Å². The van der Waals surface area contributed by atoms with Crippen LogP contribution in [-0.4, -0.2) is 92.7 Å². The number of aromatic nitrogens is 4. The van der Waals surface area contributed by atoms with E-state index in [2.05, 4.69) is 37.9 Å². The number of unbranched alkanes of at least 4 members (excludes halogenated alkanes) is 3. The van der Waals surface area contributed by atoms with Gasteiger partial charge in [0.05, 0.1) is 23.4 Å². The van der Waals surface area contributed by atoms with Crippen LogP contribution in [0.5, 0.6) is 5.88 Å². The summed E-state index contributed by atoms with van der Waals surface area (Å²) in [5.41, 5.74) is 0.950. The van der Waals surface area contributed by atoms with Crippen molar-refractivity contribution in [2.24, 2.45) is 13.0 Å². The van der Waals surface area contributed by atoms with Crippen molar-refractivity contribution in [3.8, 4) is 5.88 Å². The van der Waals surface area contributed by atoms with E-state index >= 15 is 0 Å². The molecule has 3 aromatic rings. The molecule has 1 saturated heterocycles. The lowest BCUT2D eigenvalue weighted by atomic mass is 10.0. The summed E-state index contributed by atoms with van der Waals surface area (Å²) in [6, 6.07) is 3.74. The van der Waals surface area contributed by atoms with E-state index in [9.17, 15) is 32.0 Å². The molecule has 15 nitrogen and oxygen atoms in total. The molecule has 17 heteroatoms. The first-order valence-electron chi connectivity index (χ1n) is 18.4. The van der Waals surface area contributed by atoms with Crippen molar-refractivity contribution < 1.29 is 36.7 Å². The van der Waals surface area contributed by atoms with Crippen LogP contribution in [0, 0.1) is 18.7 Å². The number of allylic oxidation sites excluding steroid dienone is 2. The molecule has 0 spiro atoms. The van der Waals surface area contributed by atoms with Crippen molar-refractivity contribution in [2.45, 2.75) is 101 Å². The lowest BCUT2D eigenvalue weighted by Gasteiger charge is -2.28. The summed E-state index contributed by atoms with van der Waals surface area (Å²) in [5, 5.41) is 9.38. The second kappa shape index (κ2) is 16.2. The summed E-state index contributed by atoms with van der Waals surface area (Å²) in [6.07, 6.45) is 11.9. The second-order valence-electron chi connectivity index (χ2n) is 14.7. The lowest BCUT2D eigenvalue weighted by Crippen LogP contribution is -2.54. The Balaban J connectivity index is 1.19. The molecule has 3 atom stereocenters. The van der Waals surface area contributed by atoms with E-state index in [1.54, 1.807) is 20.0 Å². The summed E-state index contributed by atoms with van der Waals surface area (Å²) < 4.78 is 48.4. The normalized spacial score (nSPS) is 19.8.